The molecule has 4 rings (SSSR count). The molecule has 36 heavy (non-hydrogen) atoms. The minimum absolute atomic E-state index is 0.145. The van der Waals surface area contributed by atoms with Crippen molar-refractivity contribution >= 4 is 51.0 Å². The molecule has 0 aromatic heterocycles. The molecule has 2 amide bonds. The van der Waals surface area contributed by atoms with Gasteiger partial charge in [0.15, 0.2) is 0 Å². The Morgan fingerprint density at radius 3 is 2.67 bits per heavy atom. The first-order valence-corrected chi connectivity index (χ1v) is 13.3. The summed E-state index contributed by atoms with van der Waals surface area (Å²) in [5, 5.41) is 10.0. The lowest BCUT2D eigenvalue weighted by atomic mass is 9.70. The monoisotopic (exact) mass is 580 g/mol. The Hall–Kier alpha value is -2.20. The van der Waals surface area contributed by atoms with E-state index in [4.69, 9.17) is 21.1 Å². The van der Waals surface area contributed by atoms with Gasteiger partial charge in [-0.3, -0.25) is 14.4 Å². The van der Waals surface area contributed by atoms with Crippen LogP contribution in [0.5, 0.6) is 0 Å². The molecule has 3 fully saturated rings. The zero-order chi connectivity index (χ0) is 26.0. The fourth-order valence-corrected chi connectivity index (χ4v) is 6.79. The van der Waals surface area contributed by atoms with E-state index in [0.717, 1.165) is 0 Å². The van der Waals surface area contributed by atoms with Crippen molar-refractivity contribution in [2.45, 2.75) is 41.8 Å². The van der Waals surface area contributed by atoms with Gasteiger partial charge in [-0.25, -0.2) is 0 Å². The number of esters is 1. The minimum Gasteiger partial charge on any atom is -0.465 e. The Labute approximate surface area is 224 Å². The number of carbonyl (C=O) groups is 3. The summed E-state index contributed by atoms with van der Waals surface area (Å²) >= 11 is 9.69. The molecule has 0 saturated carbocycles. The molecule has 1 spiro atoms. The van der Waals surface area contributed by atoms with Crippen LogP contribution in [-0.4, -0.2) is 76.7 Å². The highest BCUT2D eigenvalue weighted by Gasteiger charge is 2.77. The predicted molar refractivity (Wildman–Crippen MR) is 139 cm³/mol. The van der Waals surface area contributed by atoms with Gasteiger partial charge in [-0.15, -0.1) is 13.2 Å². The molecular weight excluding hydrogens is 552 g/mol. The largest absolute Gasteiger partial charge is 0.465 e. The second-order valence-corrected chi connectivity index (χ2v) is 10.8. The van der Waals surface area contributed by atoms with Crippen molar-refractivity contribution in [1.29, 1.82) is 0 Å². The molecule has 3 heterocycles. The lowest BCUT2D eigenvalue weighted by Crippen LogP contribution is -2.57. The zero-order valence-electron chi connectivity index (χ0n) is 19.9. The molecule has 8 nitrogen and oxygen atoms in total. The van der Waals surface area contributed by atoms with E-state index in [0.29, 0.717) is 23.6 Å². The van der Waals surface area contributed by atoms with Crippen molar-refractivity contribution in [1.82, 2.24) is 4.90 Å². The van der Waals surface area contributed by atoms with Crippen LogP contribution in [0.3, 0.4) is 0 Å². The number of benzene rings is 1. The number of halogens is 2. The first kappa shape index (κ1) is 26.9. The number of hydrogen-bond donors (Lipinski definition) is 1. The van der Waals surface area contributed by atoms with E-state index in [-0.39, 0.29) is 49.4 Å². The lowest BCUT2D eigenvalue weighted by Gasteiger charge is -2.37. The number of carbonyl (C=O) groups excluding carboxylic acids is 3. The summed E-state index contributed by atoms with van der Waals surface area (Å²) in [7, 11) is 0. The molecule has 194 valence electrons. The predicted octanol–water partition coefficient (Wildman–Crippen LogP) is 3.11. The van der Waals surface area contributed by atoms with Crippen LogP contribution < -0.4 is 4.90 Å². The molecule has 3 aliphatic heterocycles. The van der Waals surface area contributed by atoms with Crippen LogP contribution in [0.15, 0.2) is 49.6 Å². The molecule has 0 aliphatic carbocycles. The van der Waals surface area contributed by atoms with Gasteiger partial charge < -0.3 is 24.4 Å². The molecule has 3 unspecified atom stereocenters. The van der Waals surface area contributed by atoms with Gasteiger partial charge in [-0.1, -0.05) is 39.7 Å². The van der Waals surface area contributed by atoms with Crippen LogP contribution in [0.2, 0.25) is 5.02 Å². The van der Waals surface area contributed by atoms with E-state index >= 15 is 0 Å². The molecular formula is C26H30BrClN2O6. The van der Waals surface area contributed by atoms with Crippen molar-refractivity contribution in [3.63, 3.8) is 0 Å². The molecule has 2 bridgehead atoms. The number of nitrogens with zero attached hydrogens (tertiary/aromatic N) is 2. The number of fused-ring (bicyclic) bond motifs is 1. The first-order valence-electron chi connectivity index (χ1n) is 12.0. The maximum atomic E-state index is 14.2. The van der Waals surface area contributed by atoms with Crippen LogP contribution in [-0.2, 0) is 23.9 Å². The highest BCUT2D eigenvalue weighted by Crippen LogP contribution is 2.60. The molecule has 0 radical (unpaired) electrons. The summed E-state index contributed by atoms with van der Waals surface area (Å²) in [4.78, 5) is 44.0. The average Bonchev–Trinajstić information content (AvgIpc) is 3.45. The minimum atomic E-state index is -1.20. The maximum Gasteiger partial charge on any atom is 0.312 e. The van der Waals surface area contributed by atoms with E-state index in [1.165, 1.54) is 4.90 Å². The van der Waals surface area contributed by atoms with E-state index in [9.17, 15) is 19.5 Å². The molecule has 1 N–H and O–H groups in total. The van der Waals surface area contributed by atoms with E-state index in [2.05, 4.69) is 29.1 Å². The third-order valence-electron chi connectivity index (χ3n) is 7.13. The van der Waals surface area contributed by atoms with Crippen molar-refractivity contribution in [2.75, 3.05) is 31.2 Å². The van der Waals surface area contributed by atoms with Crippen LogP contribution in [0.4, 0.5) is 5.69 Å². The Morgan fingerprint density at radius 1 is 1.31 bits per heavy atom. The van der Waals surface area contributed by atoms with Gasteiger partial charge in [0.25, 0.3) is 5.91 Å². The van der Waals surface area contributed by atoms with Crippen LogP contribution in [0.1, 0.15) is 19.3 Å². The Balaban J connectivity index is 1.74. The van der Waals surface area contributed by atoms with Gasteiger partial charge in [0.1, 0.15) is 11.6 Å². The van der Waals surface area contributed by atoms with Crippen molar-refractivity contribution in [3.8, 4) is 0 Å². The van der Waals surface area contributed by atoms with Crippen LogP contribution in [0, 0.1) is 11.8 Å². The topological polar surface area (TPSA) is 96.4 Å². The van der Waals surface area contributed by atoms with E-state index < -0.39 is 35.6 Å². The normalized spacial score (nSPS) is 30.2. The Bertz CT molecular complexity index is 1040. The number of aliphatic hydroxyl groups excluding tert-OH is 1. The number of amides is 2. The second kappa shape index (κ2) is 11.0. The third-order valence-corrected chi connectivity index (χ3v) is 8.23. The standard InChI is InChI=1S/C26H30BrClN2O6/c1-3-5-14-35-25(34)19-20-23(32)30(12-6-13-31)22(26(20)15-18(27)21(19)36-26)24(33)29(11-4-2)17-9-7-16(28)8-10-17/h3-4,7-10,18-22,31H,1-2,5-6,11-15H2/t18?,19-,20-,21-,22?,26?/m0/s1. The Kier molecular flexibility index (Phi) is 8.24. The second-order valence-electron chi connectivity index (χ2n) is 9.23. The highest BCUT2D eigenvalue weighted by atomic mass is 79.9. The average molecular weight is 582 g/mol. The fourth-order valence-electron chi connectivity index (χ4n) is 5.72. The molecule has 10 heteroatoms. The van der Waals surface area contributed by atoms with E-state index in [1.807, 2.05) is 0 Å². The van der Waals surface area contributed by atoms with Gasteiger partial charge in [-0.2, -0.15) is 0 Å². The summed E-state index contributed by atoms with van der Waals surface area (Å²) in [5.41, 5.74) is -0.599. The molecule has 3 saturated heterocycles. The SMILES string of the molecule is C=CCCOC(=O)[C@H]1[C@H]2C(=O)N(CCCO)C(C(=O)N(CC=C)c3ccc(Cl)cc3)C23CC(Br)[C@@H]1O3. The summed E-state index contributed by atoms with van der Waals surface area (Å²) in [6.07, 6.45) is 3.84. The highest BCUT2D eigenvalue weighted by molar-refractivity contribution is 9.09. The first-order chi connectivity index (χ1) is 17.3. The Morgan fingerprint density at radius 2 is 2.03 bits per heavy atom. The number of anilines is 1. The smallest absolute Gasteiger partial charge is 0.312 e. The molecule has 1 aromatic rings. The summed E-state index contributed by atoms with van der Waals surface area (Å²) in [6, 6.07) is 5.85. The van der Waals surface area contributed by atoms with Gasteiger partial charge in [0.2, 0.25) is 5.91 Å². The van der Waals surface area contributed by atoms with Gasteiger partial charge >= 0.3 is 5.97 Å². The third kappa shape index (κ3) is 4.51. The van der Waals surface area contributed by atoms with E-state index in [1.54, 1.807) is 41.3 Å². The van der Waals surface area contributed by atoms with Crippen LogP contribution in [0.25, 0.3) is 0 Å². The van der Waals surface area contributed by atoms with Crippen LogP contribution >= 0.6 is 27.5 Å². The summed E-state index contributed by atoms with van der Waals surface area (Å²) in [5.74, 6) is -2.87. The maximum absolute atomic E-state index is 14.2. The molecule has 6 atom stereocenters. The number of aliphatic hydroxyl groups is 1. The quantitative estimate of drug-likeness (QED) is 0.187. The molecule has 1 aromatic carbocycles. The van der Waals surface area contributed by atoms with Crippen molar-refractivity contribution in [3.05, 3.63) is 54.6 Å². The number of hydrogen-bond acceptors (Lipinski definition) is 6. The van der Waals surface area contributed by atoms with Gasteiger partial charge in [0.05, 0.1) is 24.5 Å². The summed E-state index contributed by atoms with van der Waals surface area (Å²) in [6.45, 7) is 7.80. The number of likely N-dealkylation sites (tertiary alicyclic amines) is 1. The van der Waals surface area contributed by atoms with Gasteiger partial charge in [0, 0.05) is 35.2 Å². The fraction of sp³-hybridized carbons (Fsp3) is 0.500. The number of rotatable bonds is 11. The van der Waals surface area contributed by atoms with Crippen molar-refractivity contribution in [2.24, 2.45) is 11.8 Å². The van der Waals surface area contributed by atoms with Gasteiger partial charge in [-0.05, 0) is 43.5 Å². The zero-order valence-corrected chi connectivity index (χ0v) is 22.2. The molecule has 3 aliphatic rings. The van der Waals surface area contributed by atoms with Crippen molar-refractivity contribution < 1.29 is 29.0 Å². The number of ether oxygens (including phenoxy) is 2. The number of alkyl halides is 1. The summed E-state index contributed by atoms with van der Waals surface area (Å²) < 4.78 is 11.9. The lowest BCUT2D eigenvalue weighted by molar-refractivity contribution is -0.154.